The van der Waals surface area contributed by atoms with Crippen LogP contribution < -0.4 is 0 Å². The van der Waals surface area contributed by atoms with Crippen molar-refractivity contribution in [3.63, 3.8) is 0 Å². The Bertz CT molecular complexity index is 3910. The highest BCUT2D eigenvalue weighted by atomic mass is 15.1. The Morgan fingerprint density at radius 3 is 0.905 bits per heavy atom. The van der Waals surface area contributed by atoms with E-state index in [4.69, 9.17) is 39.9 Å². The molecule has 12 aromatic rings. The Morgan fingerprint density at radius 1 is 0.311 bits per heavy atom. The summed E-state index contributed by atoms with van der Waals surface area (Å²) in [5, 5.41) is 25.5. The predicted octanol–water partition coefficient (Wildman–Crippen LogP) is 11.2. The van der Waals surface area contributed by atoms with Crippen molar-refractivity contribution in [1.82, 2.24) is 68.9 Å². The molecule has 0 saturated carbocycles. The van der Waals surface area contributed by atoms with Gasteiger partial charge >= 0.3 is 0 Å². The third-order valence-corrected chi connectivity index (χ3v) is 13.0. The molecule has 16 heteroatoms. The maximum absolute atomic E-state index is 11.8. The fourth-order valence-corrected chi connectivity index (χ4v) is 10.1. The molecular weight excluding hydrogens is 921 g/mol. The zero-order chi connectivity index (χ0) is 51.1. The average Bonchev–Trinajstić information content (AvgIpc) is 3.92. The van der Waals surface area contributed by atoms with Crippen LogP contribution in [0.3, 0.4) is 0 Å². The summed E-state index contributed by atoms with van der Waals surface area (Å²) in [5.74, 6) is 7.14. The first-order valence-corrected chi connectivity index (χ1v) is 23.8. The Hall–Kier alpha value is -10.1. The molecule has 6 aromatic heterocycles. The molecule has 0 N–H and O–H groups in total. The molecule has 0 unspecified atom stereocenters. The van der Waals surface area contributed by atoms with Crippen LogP contribution in [0, 0.1) is 78.1 Å². The second kappa shape index (κ2) is 17.4. The minimum Gasteiger partial charge on any atom is -0.308 e. The van der Waals surface area contributed by atoms with Crippen LogP contribution in [0.15, 0.2) is 109 Å². The molecule has 12 rings (SSSR count). The van der Waals surface area contributed by atoms with Crippen LogP contribution in [-0.4, -0.2) is 68.9 Å². The molecule has 0 aliphatic rings. The third-order valence-electron chi connectivity index (χ3n) is 13.0. The van der Waals surface area contributed by atoms with Crippen molar-refractivity contribution in [1.29, 1.82) is 10.5 Å². The van der Waals surface area contributed by atoms with Gasteiger partial charge in [0.1, 0.15) is 58.2 Å². The van der Waals surface area contributed by atoms with Gasteiger partial charge in [0.25, 0.3) is 0 Å². The van der Waals surface area contributed by atoms with E-state index in [1.54, 1.807) is 6.07 Å². The van der Waals surface area contributed by atoms with E-state index in [1.807, 2.05) is 110 Å². The van der Waals surface area contributed by atoms with Gasteiger partial charge in [0.15, 0.2) is 23.3 Å². The molecule has 0 aliphatic heterocycles. The van der Waals surface area contributed by atoms with E-state index in [0.717, 1.165) is 77.0 Å². The summed E-state index contributed by atoms with van der Waals surface area (Å²) >= 11 is 0. The number of hydrogen-bond acceptors (Lipinski definition) is 14. The van der Waals surface area contributed by atoms with Crippen LogP contribution >= 0.6 is 0 Å². The van der Waals surface area contributed by atoms with Gasteiger partial charge in [-0.2, -0.15) is 10.5 Å². The Kier molecular flexibility index (Phi) is 10.6. The highest BCUT2D eigenvalue weighted by Crippen LogP contribution is 2.43. The number of fused-ring (bicyclic) bond motifs is 6. The van der Waals surface area contributed by atoms with Gasteiger partial charge in [-0.3, -0.25) is 0 Å². The van der Waals surface area contributed by atoms with E-state index in [2.05, 4.69) is 89.7 Å². The topological polar surface area (TPSA) is 212 Å². The lowest BCUT2D eigenvalue weighted by atomic mass is 9.98. The van der Waals surface area contributed by atoms with Gasteiger partial charge < -0.3 is 9.13 Å². The lowest BCUT2D eigenvalue weighted by Gasteiger charge is -2.18. The first-order valence-electron chi connectivity index (χ1n) is 23.8. The standard InChI is InChI=1S/C58H42N16/c1-29-61-30(2)66-55(65-29)39-12-16-49-44(21-39)45-22-40(56-67-31(3)62-32(4)68-56)13-17-50(45)73(49)53-25-43(38-11-9-10-37(20-38)27-59)26-54(48(53)28-60)74-51-18-14-41(57-69-33(5)63-34(6)70-57)23-46(51)47-24-42(15-19-52(47)74)58-71-35(7)64-36(8)72-58/h9-26H,1-8H3. The van der Waals surface area contributed by atoms with Gasteiger partial charge in [-0.15, -0.1) is 0 Å². The normalized spacial score (nSPS) is 11.5. The number of nitriles is 2. The highest BCUT2D eigenvalue weighted by molar-refractivity contribution is 6.13. The van der Waals surface area contributed by atoms with Crippen LogP contribution in [-0.2, 0) is 0 Å². The number of aromatic nitrogens is 14. The lowest BCUT2D eigenvalue weighted by molar-refractivity contribution is 0.928. The molecule has 16 nitrogen and oxygen atoms in total. The maximum Gasteiger partial charge on any atom is 0.163 e. The van der Waals surface area contributed by atoms with Crippen LogP contribution in [0.5, 0.6) is 0 Å². The largest absolute Gasteiger partial charge is 0.308 e. The first-order chi connectivity index (χ1) is 35.8. The van der Waals surface area contributed by atoms with Crippen molar-refractivity contribution in [2.24, 2.45) is 0 Å². The highest BCUT2D eigenvalue weighted by Gasteiger charge is 2.25. The van der Waals surface area contributed by atoms with E-state index in [0.29, 0.717) is 92.4 Å². The maximum atomic E-state index is 11.8. The van der Waals surface area contributed by atoms with E-state index in [9.17, 15) is 10.5 Å². The van der Waals surface area contributed by atoms with Gasteiger partial charge in [-0.05, 0) is 164 Å². The summed E-state index contributed by atoms with van der Waals surface area (Å²) in [6, 6.07) is 41.2. The second-order valence-corrected chi connectivity index (χ2v) is 18.3. The van der Waals surface area contributed by atoms with Crippen molar-refractivity contribution < 1.29 is 0 Å². The number of hydrogen-bond donors (Lipinski definition) is 0. The predicted molar refractivity (Wildman–Crippen MR) is 283 cm³/mol. The molecule has 354 valence electrons. The smallest absolute Gasteiger partial charge is 0.163 e. The fraction of sp³-hybridized carbons (Fsp3) is 0.138. The molecule has 74 heavy (non-hydrogen) atoms. The van der Waals surface area contributed by atoms with Gasteiger partial charge in [0.2, 0.25) is 0 Å². The third kappa shape index (κ3) is 7.78. The molecule has 0 amide bonds. The summed E-state index contributed by atoms with van der Waals surface area (Å²) in [7, 11) is 0. The lowest BCUT2D eigenvalue weighted by Crippen LogP contribution is -2.05. The zero-order valence-corrected chi connectivity index (χ0v) is 41.5. The van der Waals surface area contributed by atoms with Crippen molar-refractivity contribution in [2.75, 3.05) is 0 Å². The Balaban J connectivity index is 1.19. The molecule has 0 atom stereocenters. The van der Waals surface area contributed by atoms with Crippen LogP contribution in [0.4, 0.5) is 0 Å². The monoisotopic (exact) mass is 962 g/mol. The quantitative estimate of drug-likeness (QED) is 0.145. The van der Waals surface area contributed by atoms with E-state index in [1.165, 1.54) is 0 Å². The second-order valence-electron chi connectivity index (χ2n) is 18.3. The van der Waals surface area contributed by atoms with Gasteiger partial charge in [0, 0.05) is 43.8 Å². The molecule has 0 aliphatic carbocycles. The summed E-state index contributed by atoms with van der Waals surface area (Å²) in [4.78, 5) is 55.6. The molecule has 6 aromatic carbocycles. The Morgan fingerprint density at radius 2 is 0.622 bits per heavy atom. The van der Waals surface area contributed by atoms with Crippen LogP contribution in [0.1, 0.15) is 57.7 Å². The van der Waals surface area contributed by atoms with Crippen molar-refractivity contribution in [2.45, 2.75) is 55.4 Å². The number of aryl methyl sites for hydroxylation is 8. The van der Waals surface area contributed by atoms with E-state index in [-0.39, 0.29) is 0 Å². The molecule has 0 radical (unpaired) electrons. The minimum atomic E-state index is 0.406. The van der Waals surface area contributed by atoms with Crippen molar-refractivity contribution in [3.8, 4) is 80.2 Å². The van der Waals surface area contributed by atoms with Crippen LogP contribution in [0.2, 0.25) is 0 Å². The van der Waals surface area contributed by atoms with E-state index >= 15 is 0 Å². The summed E-state index contributed by atoms with van der Waals surface area (Å²) < 4.78 is 4.29. The van der Waals surface area contributed by atoms with Crippen LogP contribution in [0.25, 0.3) is 112 Å². The molecule has 0 fully saturated rings. The molecule has 0 spiro atoms. The summed E-state index contributed by atoms with van der Waals surface area (Å²) in [6.07, 6.45) is 0. The van der Waals surface area contributed by atoms with E-state index < -0.39 is 0 Å². The SMILES string of the molecule is Cc1nc(C)nc(-c2ccc3c(c2)c2cc(-c4nc(C)nc(C)n4)ccc2n3-c2cc(-c3cccc(C#N)c3)cc(-n3c4ccc(-c5nc(C)nc(C)n5)cc4c4cc(-c5nc(C)nc(C)n5)ccc43)c2C#N)n1. The average molecular weight is 963 g/mol. The minimum absolute atomic E-state index is 0.406. The molecule has 0 saturated heterocycles. The van der Waals surface area contributed by atoms with Crippen molar-refractivity contribution >= 4 is 43.6 Å². The zero-order valence-electron chi connectivity index (χ0n) is 41.5. The van der Waals surface area contributed by atoms with Gasteiger partial charge in [-0.1, -0.05) is 12.1 Å². The number of benzene rings is 6. The molecule has 0 bridgehead atoms. The fourth-order valence-electron chi connectivity index (χ4n) is 10.1. The number of rotatable bonds is 7. The van der Waals surface area contributed by atoms with Gasteiger partial charge in [-0.25, -0.2) is 59.8 Å². The van der Waals surface area contributed by atoms with Gasteiger partial charge in [0.05, 0.1) is 45.1 Å². The Labute approximate surface area is 423 Å². The summed E-state index contributed by atoms with van der Waals surface area (Å²) in [6.45, 7) is 14.9. The van der Waals surface area contributed by atoms with Crippen molar-refractivity contribution in [3.05, 3.63) is 167 Å². The molecule has 6 heterocycles. The summed E-state index contributed by atoms with van der Waals surface area (Å²) in [5.41, 5.74) is 10.3. The molecular formula is C58H42N16. The number of nitrogens with zero attached hydrogens (tertiary/aromatic N) is 16. The first kappa shape index (κ1) is 45.1.